The minimum Gasteiger partial charge on any atom is -0.463 e. The minimum atomic E-state index is -1.07. The fourth-order valence-corrected chi connectivity index (χ4v) is 5.31. The second-order valence-electron chi connectivity index (χ2n) is 9.04. The van der Waals surface area contributed by atoms with Crippen molar-refractivity contribution in [3.05, 3.63) is 35.9 Å². The molecule has 10 nitrogen and oxygen atoms in total. The topological polar surface area (TPSA) is 126 Å². The third kappa shape index (κ3) is 11.8. The molecule has 0 radical (unpaired) electrons. The summed E-state index contributed by atoms with van der Waals surface area (Å²) in [5.41, 5.74) is 0.532. The van der Waals surface area contributed by atoms with Gasteiger partial charge in [-0.2, -0.15) is 0 Å². The second kappa shape index (κ2) is 17.1. The Hall–Kier alpha value is -2.63. The molecule has 1 aromatic rings. The summed E-state index contributed by atoms with van der Waals surface area (Å²) in [6.07, 6.45) is 0.881. The van der Waals surface area contributed by atoms with Gasteiger partial charge in [0, 0.05) is 34.3 Å². The number of hydrogen-bond donors (Lipinski definition) is 1. The zero-order chi connectivity index (χ0) is 27.9. The van der Waals surface area contributed by atoms with Crippen LogP contribution >= 0.6 is 11.8 Å². The quantitative estimate of drug-likeness (QED) is 0.197. The van der Waals surface area contributed by atoms with E-state index >= 15 is 0 Å². The normalized spacial score (nSPS) is 22.8. The number of carbonyl (C=O) groups excluding carboxylic acids is 4. The van der Waals surface area contributed by atoms with E-state index in [1.807, 2.05) is 30.3 Å². The first-order valence-electron chi connectivity index (χ1n) is 12.8. The van der Waals surface area contributed by atoms with Crippen molar-refractivity contribution in [1.82, 2.24) is 5.32 Å². The Labute approximate surface area is 228 Å². The molecule has 11 heteroatoms. The van der Waals surface area contributed by atoms with Crippen molar-refractivity contribution in [3.63, 3.8) is 0 Å². The Balaban J connectivity index is 1.93. The summed E-state index contributed by atoms with van der Waals surface area (Å²) < 4.78 is 28.0. The SMILES string of the molecule is CC(=O)NC1C(SCCCCCCOCc2ccccc2)OC(COC(C)=O)C(OC(C)=O)C1OC(C)=O. The zero-order valence-corrected chi connectivity index (χ0v) is 23.3. The molecule has 5 unspecified atom stereocenters. The van der Waals surface area contributed by atoms with Crippen molar-refractivity contribution in [3.8, 4) is 0 Å². The van der Waals surface area contributed by atoms with Gasteiger partial charge in [-0.15, -0.1) is 11.8 Å². The van der Waals surface area contributed by atoms with E-state index in [0.29, 0.717) is 13.2 Å². The lowest BCUT2D eigenvalue weighted by atomic mass is 9.97. The van der Waals surface area contributed by atoms with Gasteiger partial charge in [0.1, 0.15) is 24.2 Å². The smallest absolute Gasteiger partial charge is 0.303 e. The van der Waals surface area contributed by atoms with Crippen molar-refractivity contribution < 1.29 is 42.9 Å². The van der Waals surface area contributed by atoms with Gasteiger partial charge in [-0.3, -0.25) is 19.2 Å². The van der Waals surface area contributed by atoms with E-state index in [1.54, 1.807) is 0 Å². The van der Waals surface area contributed by atoms with Crippen molar-refractivity contribution in [2.75, 3.05) is 19.0 Å². The van der Waals surface area contributed by atoms with Crippen LogP contribution in [0.15, 0.2) is 30.3 Å². The Bertz CT molecular complexity index is 898. The molecular formula is C27H39NO9S. The number of unbranched alkanes of at least 4 members (excludes halogenated alkanes) is 3. The third-order valence-corrected chi connectivity index (χ3v) is 6.91. The van der Waals surface area contributed by atoms with Gasteiger partial charge in [-0.1, -0.05) is 43.2 Å². The highest BCUT2D eigenvalue weighted by atomic mass is 32.2. The number of hydrogen-bond acceptors (Lipinski definition) is 10. The molecule has 1 saturated heterocycles. The molecule has 38 heavy (non-hydrogen) atoms. The van der Waals surface area contributed by atoms with E-state index in [4.69, 9.17) is 23.7 Å². The number of ether oxygens (including phenoxy) is 5. The molecule has 1 amide bonds. The molecular weight excluding hydrogens is 514 g/mol. The van der Waals surface area contributed by atoms with Crippen LogP contribution in [-0.2, 0) is 49.5 Å². The van der Waals surface area contributed by atoms with E-state index in [1.165, 1.54) is 39.5 Å². The lowest BCUT2D eigenvalue weighted by Gasteiger charge is -2.45. The first kappa shape index (κ1) is 31.6. The van der Waals surface area contributed by atoms with Crippen molar-refractivity contribution in [2.24, 2.45) is 0 Å². The first-order chi connectivity index (χ1) is 18.2. The van der Waals surface area contributed by atoms with Crippen LogP contribution in [0.2, 0.25) is 0 Å². The number of carbonyl (C=O) groups is 4. The maximum atomic E-state index is 12.0. The Kier molecular flexibility index (Phi) is 14.2. The van der Waals surface area contributed by atoms with Crippen LogP contribution in [0.1, 0.15) is 58.9 Å². The molecule has 5 atom stereocenters. The van der Waals surface area contributed by atoms with Gasteiger partial charge in [0.2, 0.25) is 5.91 Å². The Morgan fingerprint density at radius 3 is 2.16 bits per heavy atom. The monoisotopic (exact) mass is 553 g/mol. The number of rotatable bonds is 15. The summed E-state index contributed by atoms with van der Waals surface area (Å²) in [5.74, 6) is -1.38. The minimum absolute atomic E-state index is 0.197. The molecule has 0 spiro atoms. The largest absolute Gasteiger partial charge is 0.463 e. The van der Waals surface area contributed by atoms with Gasteiger partial charge >= 0.3 is 17.9 Å². The molecule has 1 heterocycles. The first-order valence-corrected chi connectivity index (χ1v) is 13.9. The fraction of sp³-hybridized carbons (Fsp3) is 0.630. The molecule has 2 rings (SSSR count). The molecule has 0 saturated carbocycles. The van der Waals surface area contributed by atoms with E-state index in [-0.39, 0.29) is 12.5 Å². The molecule has 0 aromatic heterocycles. The van der Waals surface area contributed by atoms with Gasteiger partial charge in [-0.05, 0) is 24.2 Å². The predicted octanol–water partition coefficient (Wildman–Crippen LogP) is 3.15. The van der Waals surface area contributed by atoms with E-state index in [2.05, 4.69) is 5.32 Å². The van der Waals surface area contributed by atoms with Gasteiger partial charge in [0.25, 0.3) is 0 Å². The van der Waals surface area contributed by atoms with Crippen LogP contribution in [-0.4, -0.2) is 72.6 Å². The molecule has 0 aliphatic carbocycles. The zero-order valence-electron chi connectivity index (χ0n) is 22.5. The fourth-order valence-electron chi connectivity index (χ4n) is 4.06. The molecule has 1 fully saturated rings. The van der Waals surface area contributed by atoms with Crippen LogP contribution in [0.5, 0.6) is 0 Å². The summed E-state index contributed by atoms with van der Waals surface area (Å²) >= 11 is 1.46. The van der Waals surface area contributed by atoms with Crippen LogP contribution in [0.4, 0.5) is 0 Å². The summed E-state index contributed by atoms with van der Waals surface area (Å²) in [7, 11) is 0. The predicted molar refractivity (Wildman–Crippen MR) is 141 cm³/mol. The maximum absolute atomic E-state index is 12.0. The van der Waals surface area contributed by atoms with E-state index in [0.717, 1.165) is 37.0 Å². The number of benzene rings is 1. The van der Waals surface area contributed by atoms with E-state index in [9.17, 15) is 19.2 Å². The summed E-state index contributed by atoms with van der Waals surface area (Å²) in [6.45, 7) is 6.15. The van der Waals surface area contributed by atoms with Crippen molar-refractivity contribution >= 4 is 35.6 Å². The summed E-state index contributed by atoms with van der Waals surface area (Å²) in [4.78, 5) is 47.2. The van der Waals surface area contributed by atoms with Crippen molar-refractivity contribution in [2.45, 2.75) is 89.8 Å². The molecule has 1 N–H and O–H groups in total. The van der Waals surface area contributed by atoms with Crippen LogP contribution in [0.3, 0.4) is 0 Å². The van der Waals surface area contributed by atoms with Crippen LogP contribution in [0.25, 0.3) is 0 Å². The molecule has 1 aromatic carbocycles. The Morgan fingerprint density at radius 1 is 0.868 bits per heavy atom. The molecule has 1 aliphatic rings. The molecule has 212 valence electrons. The summed E-state index contributed by atoms with van der Waals surface area (Å²) in [5, 5.41) is 2.79. The summed E-state index contributed by atoms with van der Waals surface area (Å²) in [6, 6.07) is 9.27. The average molecular weight is 554 g/mol. The number of esters is 3. The van der Waals surface area contributed by atoms with Crippen LogP contribution in [0, 0.1) is 0 Å². The highest BCUT2D eigenvalue weighted by Crippen LogP contribution is 2.33. The van der Waals surface area contributed by atoms with Gasteiger partial charge in [0.15, 0.2) is 12.2 Å². The lowest BCUT2D eigenvalue weighted by Crippen LogP contribution is -2.65. The number of thioether (sulfide) groups is 1. The average Bonchev–Trinajstić information content (AvgIpc) is 2.84. The van der Waals surface area contributed by atoms with Gasteiger partial charge in [0.05, 0.1) is 6.61 Å². The second-order valence-corrected chi connectivity index (χ2v) is 10.2. The molecule has 1 aliphatic heterocycles. The van der Waals surface area contributed by atoms with Gasteiger partial charge < -0.3 is 29.0 Å². The van der Waals surface area contributed by atoms with E-state index < -0.39 is 47.7 Å². The Morgan fingerprint density at radius 2 is 1.53 bits per heavy atom. The van der Waals surface area contributed by atoms with Crippen LogP contribution < -0.4 is 5.32 Å². The standard InChI is InChI=1S/C27H39NO9S/c1-18(29)28-24-26(36-21(4)32)25(35-20(3)31)23(17-34-19(2)30)37-27(24)38-15-11-6-5-10-14-33-16-22-12-8-7-9-13-22/h7-9,12-13,23-27H,5-6,10-11,14-17H2,1-4H3,(H,28,29). The third-order valence-electron chi connectivity index (χ3n) is 5.65. The molecule has 0 bridgehead atoms. The maximum Gasteiger partial charge on any atom is 0.303 e. The van der Waals surface area contributed by atoms with Crippen molar-refractivity contribution in [1.29, 1.82) is 0 Å². The number of nitrogens with one attached hydrogen (secondary N) is 1. The van der Waals surface area contributed by atoms with Gasteiger partial charge in [-0.25, -0.2) is 0 Å². The highest BCUT2D eigenvalue weighted by molar-refractivity contribution is 7.99. The highest BCUT2D eigenvalue weighted by Gasteiger charge is 2.50. The lowest BCUT2D eigenvalue weighted by molar-refractivity contribution is -0.211. The number of amides is 1.